The maximum Gasteiger partial charge on any atom is 0.419 e. The van der Waals surface area contributed by atoms with Gasteiger partial charge in [-0.25, -0.2) is 0 Å². The van der Waals surface area contributed by atoms with Gasteiger partial charge < -0.3 is 11.5 Å². The van der Waals surface area contributed by atoms with E-state index in [9.17, 15) is 18.0 Å². The highest BCUT2D eigenvalue weighted by Gasteiger charge is 2.36. The van der Waals surface area contributed by atoms with Gasteiger partial charge in [-0.15, -0.1) is 0 Å². The highest BCUT2D eigenvalue weighted by atomic mass is 79.9. The van der Waals surface area contributed by atoms with Crippen molar-refractivity contribution in [1.82, 2.24) is 0 Å². The van der Waals surface area contributed by atoms with Gasteiger partial charge in [0.15, 0.2) is 0 Å². The standard InChI is InChI=1S/C8H6BrF3N2O/c9-6-3(7(14)15)1-2-4(13)5(6)8(10,11)12/h1-2H,13H2,(H2,14,15). The van der Waals surface area contributed by atoms with E-state index in [2.05, 4.69) is 15.9 Å². The highest BCUT2D eigenvalue weighted by Crippen LogP contribution is 2.40. The number of rotatable bonds is 1. The number of hydrogen-bond acceptors (Lipinski definition) is 2. The predicted octanol–water partition coefficient (Wildman–Crippen LogP) is 2.15. The highest BCUT2D eigenvalue weighted by molar-refractivity contribution is 9.10. The lowest BCUT2D eigenvalue weighted by molar-refractivity contribution is -0.137. The monoisotopic (exact) mass is 282 g/mol. The van der Waals surface area contributed by atoms with Crippen LogP contribution < -0.4 is 11.5 Å². The minimum atomic E-state index is -4.63. The van der Waals surface area contributed by atoms with Crippen molar-refractivity contribution < 1.29 is 18.0 Å². The minimum Gasteiger partial charge on any atom is -0.398 e. The van der Waals surface area contributed by atoms with E-state index in [4.69, 9.17) is 11.5 Å². The first-order valence-electron chi connectivity index (χ1n) is 3.70. The minimum absolute atomic E-state index is 0.253. The lowest BCUT2D eigenvalue weighted by atomic mass is 10.1. The van der Waals surface area contributed by atoms with Crippen molar-refractivity contribution >= 4 is 27.5 Å². The summed E-state index contributed by atoms with van der Waals surface area (Å²) < 4.78 is 37.0. The Bertz CT molecular complexity index is 417. The van der Waals surface area contributed by atoms with Crippen molar-refractivity contribution in [3.8, 4) is 0 Å². The maximum atomic E-state index is 12.5. The fourth-order valence-electron chi connectivity index (χ4n) is 1.07. The van der Waals surface area contributed by atoms with E-state index in [1.165, 1.54) is 0 Å². The molecule has 0 aliphatic carbocycles. The summed E-state index contributed by atoms with van der Waals surface area (Å²) in [7, 11) is 0. The number of hydrogen-bond donors (Lipinski definition) is 2. The topological polar surface area (TPSA) is 69.1 Å². The molecule has 0 unspecified atom stereocenters. The molecule has 0 saturated heterocycles. The molecule has 0 saturated carbocycles. The molecule has 0 aromatic heterocycles. The van der Waals surface area contributed by atoms with Gasteiger partial charge in [-0.1, -0.05) is 0 Å². The zero-order chi connectivity index (χ0) is 11.8. The molecule has 0 aliphatic heterocycles. The summed E-state index contributed by atoms with van der Waals surface area (Å²) in [5.74, 6) is -0.952. The molecule has 0 atom stereocenters. The number of amides is 1. The summed E-state index contributed by atoms with van der Waals surface area (Å²) in [5.41, 5.74) is 8.28. The number of anilines is 1. The van der Waals surface area contributed by atoms with Crippen LogP contribution in [-0.2, 0) is 6.18 Å². The molecule has 0 fully saturated rings. The van der Waals surface area contributed by atoms with Gasteiger partial charge in [0, 0.05) is 10.2 Å². The van der Waals surface area contributed by atoms with E-state index in [1.807, 2.05) is 0 Å². The fraction of sp³-hybridized carbons (Fsp3) is 0.125. The Balaban J connectivity index is 3.51. The zero-order valence-electron chi connectivity index (χ0n) is 7.23. The Morgan fingerprint density at radius 1 is 1.33 bits per heavy atom. The second-order valence-corrected chi connectivity index (χ2v) is 3.55. The zero-order valence-corrected chi connectivity index (χ0v) is 8.82. The maximum absolute atomic E-state index is 12.5. The van der Waals surface area contributed by atoms with Gasteiger partial charge in [0.25, 0.3) is 0 Å². The Kier molecular flexibility index (Phi) is 2.94. The number of alkyl halides is 3. The molecule has 1 rings (SSSR count). The Hall–Kier alpha value is -1.24. The summed E-state index contributed by atoms with van der Waals surface area (Å²) in [4.78, 5) is 10.8. The van der Waals surface area contributed by atoms with Gasteiger partial charge in [0.2, 0.25) is 5.91 Å². The first-order valence-corrected chi connectivity index (χ1v) is 4.49. The number of carbonyl (C=O) groups is 1. The van der Waals surface area contributed by atoms with Gasteiger partial charge in [0.05, 0.1) is 11.1 Å². The van der Waals surface area contributed by atoms with Crippen molar-refractivity contribution in [2.45, 2.75) is 6.18 Å². The second kappa shape index (κ2) is 3.73. The molecular formula is C8H6BrF3N2O. The average Bonchev–Trinajstić information content (AvgIpc) is 2.00. The second-order valence-electron chi connectivity index (χ2n) is 2.75. The van der Waals surface area contributed by atoms with Crippen LogP contribution in [0.2, 0.25) is 0 Å². The first kappa shape index (κ1) is 11.8. The van der Waals surface area contributed by atoms with Crippen LogP contribution in [0.5, 0.6) is 0 Å². The van der Waals surface area contributed by atoms with Gasteiger partial charge in [-0.3, -0.25) is 4.79 Å². The smallest absolute Gasteiger partial charge is 0.398 e. The molecule has 0 radical (unpaired) electrons. The molecule has 0 aliphatic rings. The number of carbonyl (C=O) groups excluding carboxylic acids is 1. The van der Waals surface area contributed by atoms with Gasteiger partial charge in [-0.05, 0) is 28.1 Å². The number of nitrogens with two attached hydrogens (primary N) is 2. The largest absolute Gasteiger partial charge is 0.419 e. The number of benzene rings is 1. The van der Waals surface area contributed by atoms with Crippen LogP contribution in [0, 0.1) is 0 Å². The van der Waals surface area contributed by atoms with E-state index in [0.717, 1.165) is 12.1 Å². The molecule has 1 aromatic carbocycles. The molecule has 7 heteroatoms. The number of primary amides is 1. The summed E-state index contributed by atoms with van der Waals surface area (Å²) in [6.45, 7) is 0. The SMILES string of the molecule is NC(=O)c1ccc(N)c(C(F)(F)F)c1Br. The summed E-state index contributed by atoms with van der Waals surface area (Å²) in [5, 5.41) is 0. The summed E-state index contributed by atoms with van der Waals surface area (Å²) in [6, 6.07) is 2.13. The fourth-order valence-corrected chi connectivity index (χ4v) is 1.85. The van der Waals surface area contributed by atoms with Crippen molar-refractivity contribution in [1.29, 1.82) is 0 Å². The van der Waals surface area contributed by atoms with Crippen LogP contribution in [0.15, 0.2) is 16.6 Å². The van der Waals surface area contributed by atoms with Crippen molar-refractivity contribution in [3.63, 3.8) is 0 Å². The molecule has 1 amide bonds. The number of nitrogen functional groups attached to an aromatic ring is 1. The van der Waals surface area contributed by atoms with Crippen molar-refractivity contribution in [2.24, 2.45) is 5.73 Å². The Morgan fingerprint density at radius 3 is 2.27 bits per heavy atom. The Morgan fingerprint density at radius 2 is 1.87 bits per heavy atom. The van der Waals surface area contributed by atoms with Crippen LogP contribution in [0.25, 0.3) is 0 Å². The third-order valence-corrected chi connectivity index (χ3v) is 2.55. The van der Waals surface area contributed by atoms with Gasteiger partial charge in [-0.2, -0.15) is 13.2 Å². The Labute approximate surface area is 91.4 Å². The van der Waals surface area contributed by atoms with Crippen molar-refractivity contribution in [2.75, 3.05) is 5.73 Å². The molecule has 3 nitrogen and oxygen atoms in total. The van der Waals surface area contributed by atoms with E-state index >= 15 is 0 Å². The summed E-state index contributed by atoms with van der Waals surface area (Å²) >= 11 is 2.67. The average molecular weight is 283 g/mol. The molecular weight excluding hydrogens is 277 g/mol. The third kappa shape index (κ3) is 2.23. The van der Waals surface area contributed by atoms with Crippen LogP contribution in [-0.4, -0.2) is 5.91 Å². The lowest BCUT2D eigenvalue weighted by Gasteiger charge is -2.13. The molecule has 82 valence electrons. The molecule has 4 N–H and O–H groups in total. The third-order valence-electron chi connectivity index (χ3n) is 1.72. The van der Waals surface area contributed by atoms with E-state index < -0.39 is 27.8 Å². The molecule has 15 heavy (non-hydrogen) atoms. The molecule has 0 spiro atoms. The molecule has 0 heterocycles. The van der Waals surface area contributed by atoms with E-state index in [0.29, 0.717) is 0 Å². The predicted molar refractivity (Wildman–Crippen MR) is 52.1 cm³/mol. The van der Waals surface area contributed by atoms with Crippen LogP contribution in [0.4, 0.5) is 18.9 Å². The quantitative estimate of drug-likeness (QED) is 0.775. The molecule has 0 bridgehead atoms. The van der Waals surface area contributed by atoms with Gasteiger partial charge in [0.1, 0.15) is 0 Å². The summed E-state index contributed by atoms with van der Waals surface area (Å²) in [6.07, 6.45) is -4.63. The van der Waals surface area contributed by atoms with Crippen LogP contribution >= 0.6 is 15.9 Å². The van der Waals surface area contributed by atoms with Crippen LogP contribution in [0.3, 0.4) is 0 Å². The van der Waals surface area contributed by atoms with E-state index in [-0.39, 0.29) is 5.56 Å². The normalized spacial score (nSPS) is 11.5. The lowest BCUT2D eigenvalue weighted by Crippen LogP contribution is -2.16. The van der Waals surface area contributed by atoms with Gasteiger partial charge >= 0.3 is 6.18 Å². The van der Waals surface area contributed by atoms with E-state index in [1.54, 1.807) is 0 Å². The van der Waals surface area contributed by atoms with Crippen molar-refractivity contribution in [3.05, 3.63) is 27.7 Å². The first-order chi connectivity index (χ1) is 6.75. The molecule has 1 aromatic rings. The van der Waals surface area contributed by atoms with Crippen LogP contribution in [0.1, 0.15) is 15.9 Å². The number of halogens is 4.